The fourth-order valence-corrected chi connectivity index (χ4v) is 3.03. The van der Waals surface area contributed by atoms with Crippen LogP contribution in [0.25, 0.3) is 0 Å². The van der Waals surface area contributed by atoms with E-state index in [0.29, 0.717) is 19.7 Å². The molecule has 1 aliphatic heterocycles. The molecule has 8 heteroatoms. The van der Waals surface area contributed by atoms with Crippen molar-refractivity contribution in [2.45, 2.75) is 19.0 Å². The summed E-state index contributed by atoms with van der Waals surface area (Å²) in [5.74, 6) is 0.946. The zero-order valence-electron chi connectivity index (χ0n) is 15.2. The third kappa shape index (κ3) is 5.61. The van der Waals surface area contributed by atoms with Crippen LogP contribution < -0.4 is 9.47 Å². The third-order valence-electron chi connectivity index (χ3n) is 4.49. The summed E-state index contributed by atoms with van der Waals surface area (Å²) >= 11 is 0. The van der Waals surface area contributed by atoms with Crippen LogP contribution in [0.5, 0.6) is 11.5 Å². The Morgan fingerprint density at radius 2 is 1.89 bits per heavy atom. The molecule has 1 fully saturated rings. The van der Waals surface area contributed by atoms with Crippen molar-refractivity contribution < 1.29 is 27.4 Å². The zero-order chi connectivity index (χ0) is 20.0. The fraction of sp³-hybridized carbons (Fsp3) is 0.400. The fourth-order valence-electron chi connectivity index (χ4n) is 3.03. The number of benzene rings is 1. The van der Waals surface area contributed by atoms with Crippen LogP contribution in [0.3, 0.4) is 0 Å². The van der Waals surface area contributed by atoms with Gasteiger partial charge >= 0.3 is 6.18 Å². The van der Waals surface area contributed by atoms with E-state index in [1.807, 2.05) is 30.3 Å². The summed E-state index contributed by atoms with van der Waals surface area (Å²) in [6, 6.07) is 11.5. The summed E-state index contributed by atoms with van der Waals surface area (Å²) < 4.78 is 48.6. The molecule has 1 atom stereocenters. The summed E-state index contributed by atoms with van der Waals surface area (Å²) in [6.07, 6.45) is -1.68. The van der Waals surface area contributed by atoms with E-state index in [2.05, 4.69) is 4.98 Å². The normalized spacial score (nSPS) is 17.2. The Morgan fingerprint density at radius 3 is 2.57 bits per heavy atom. The number of para-hydroxylation sites is 1. The minimum Gasteiger partial charge on any atom is -0.493 e. The number of hydrogen-bond acceptors (Lipinski definition) is 4. The highest BCUT2D eigenvalue weighted by Gasteiger charge is 2.32. The van der Waals surface area contributed by atoms with Crippen LogP contribution in [0.4, 0.5) is 13.2 Å². The lowest BCUT2D eigenvalue weighted by atomic mass is 9.99. The second-order valence-corrected chi connectivity index (χ2v) is 6.64. The van der Waals surface area contributed by atoms with Crippen molar-refractivity contribution in [3.8, 4) is 11.5 Å². The highest BCUT2D eigenvalue weighted by molar-refractivity contribution is 5.77. The summed E-state index contributed by atoms with van der Waals surface area (Å²) in [7, 11) is 0. The number of carbonyl (C=O) groups is 1. The first kappa shape index (κ1) is 20.0. The number of rotatable bonds is 6. The number of amides is 1. The molecule has 0 aliphatic carbocycles. The zero-order valence-corrected chi connectivity index (χ0v) is 15.2. The molecule has 2 heterocycles. The van der Waals surface area contributed by atoms with E-state index in [9.17, 15) is 18.0 Å². The Kier molecular flexibility index (Phi) is 6.38. The second kappa shape index (κ2) is 8.95. The van der Waals surface area contributed by atoms with Gasteiger partial charge in [-0.25, -0.2) is 4.98 Å². The Hall–Kier alpha value is -2.77. The predicted octanol–water partition coefficient (Wildman–Crippen LogP) is 3.80. The minimum atomic E-state index is -4.50. The Labute approximate surface area is 161 Å². The number of piperidine rings is 1. The van der Waals surface area contributed by atoms with Gasteiger partial charge in [-0.2, -0.15) is 13.2 Å². The smallest absolute Gasteiger partial charge is 0.433 e. The van der Waals surface area contributed by atoms with Gasteiger partial charge in [0, 0.05) is 19.0 Å². The van der Waals surface area contributed by atoms with Crippen molar-refractivity contribution in [2.24, 2.45) is 5.92 Å². The lowest BCUT2D eigenvalue weighted by molar-refractivity contribution is -0.141. The molecule has 0 saturated carbocycles. The van der Waals surface area contributed by atoms with Gasteiger partial charge in [-0.1, -0.05) is 18.2 Å². The number of nitrogens with zero attached hydrogens (tertiary/aromatic N) is 2. The largest absolute Gasteiger partial charge is 0.493 e. The van der Waals surface area contributed by atoms with Crippen LogP contribution in [0.15, 0.2) is 48.7 Å². The maximum Gasteiger partial charge on any atom is 0.433 e. The molecule has 28 heavy (non-hydrogen) atoms. The lowest BCUT2D eigenvalue weighted by Crippen LogP contribution is -2.43. The SMILES string of the molecule is O=C(COc1ccc(C(F)(F)F)nc1)N1CCCC(COc2ccccc2)C1. The van der Waals surface area contributed by atoms with E-state index in [4.69, 9.17) is 9.47 Å². The molecule has 1 aromatic heterocycles. The first-order valence-electron chi connectivity index (χ1n) is 9.03. The molecule has 0 spiro atoms. The van der Waals surface area contributed by atoms with Crippen molar-refractivity contribution in [3.05, 3.63) is 54.4 Å². The average Bonchev–Trinajstić information content (AvgIpc) is 2.71. The van der Waals surface area contributed by atoms with Crippen LogP contribution >= 0.6 is 0 Å². The van der Waals surface area contributed by atoms with Crippen molar-refractivity contribution in [1.29, 1.82) is 0 Å². The summed E-state index contributed by atoms with van der Waals surface area (Å²) in [6.45, 7) is 1.49. The second-order valence-electron chi connectivity index (χ2n) is 6.64. The van der Waals surface area contributed by atoms with Crippen LogP contribution in [0.1, 0.15) is 18.5 Å². The number of alkyl halides is 3. The van der Waals surface area contributed by atoms with Crippen molar-refractivity contribution in [3.63, 3.8) is 0 Å². The molecule has 1 aliphatic rings. The number of ether oxygens (including phenoxy) is 2. The van der Waals surface area contributed by atoms with E-state index in [-0.39, 0.29) is 24.2 Å². The van der Waals surface area contributed by atoms with Gasteiger partial charge < -0.3 is 14.4 Å². The van der Waals surface area contributed by atoms with Gasteiger partial charge in [-0.3, -0.25) is 4.79 Å². The highest BCUT2D eigenvalue weighted by atomic mass is 19.4. The molecule has 150 valence electrons. The topological polar surface area (TPSA) is 51.7 Å². The van der Waals surface area contributed by atoms with Crippen LogP contribution in [0, 0.1) is 5.92 Å². The standard InChI is InChI=1S/C20H21F3N2O3/c21-20(22,23)18-9-8-17(11-24-18)28-14-19(26)25-10-4-5-15(12-25)13-27-16-6-2-1-3-7-16/h1-3,6-9,11,15H,4-5,10,12-14H2. The van der Waals surface area contributed by atoms with Crippen LogP contribution in [-0.4, -0.2) is 42.1 Å². The van der Waals surface area contributed by atoms with Crippen molar-refractivity contribution in [1.82, 2.24) is 9.88 Å². The summed E-state index contributed by atoms with van der Waals surface area (Å²) in [4.78, 5) is 17.4. The van der Waals surface area contributed by atoms with Gasteiger partial charge in [0.15, 0.2) is 6.61 Å². The van der Waals surface area contributed by atoms with Gasteiger partial charge in [0.05, 0.1) is 12.8 Å². The first-order valence-corrected chi connectivity index (χ1v) is 9.03. The molecule has 1 aromatic carbocycles. The molecule has 3 rings (SSSR count). The van der Waals surface area contributed by atoms with Gasteiger partial charge in [0.2, 0.25) is 0 Å². The minimum absolute atomic E-state index is 0.127. The third-order valence-corrected chi connectivity index (χ3v) is 4.49. The number of likely N-dealkylation sites (tertiary alicyclic amines) is 1. The molecule has 1 saturated heterocycles. The maximum absolute atomic E-state index is 12.5. The van der Waals surface area contributed by atoms with E-state index >= 15 is 0 Å². The number of hydrogen-bond donors (Lipinski definition) is 0. The van der Waals surface area contributed by atoms with E-state index in [0.717, 1.165) is 36.9 Å². The Bertz CT molecular complexity index is 767. The van der Waals surface area contributed by atoms with Gasteiger partial charge in [0.25, 0.3) is 5.91 Å². The lowest BCUT2D eigenvalue weighted by Gasteiger charge is -2.32. The average molecular weight is 394 g/mol. The van der Waals surface area contributed by atoms with Gasteiger partial charge in [-0.15, -0.1) is 0 Å². The molecule has 2 aromatic rings. The van der Waals surface area contributed by atoms with E-state index in [1.54, 1.807) is 4.90 Å². The number of pyridine rings is 1. The quantitative estimate of drug-likeness (QED) is 0.748. The maximum atomic E-state index is 12.5. The van der Waals surface area contributed by atoms with Crippen molar-refractivity contribution >= 4 is 5.91 Å². The Balaban J connectivity index is 1.46. The first-order chi connectivity index (χ1) is 13.4. The number of aromatic nitrogens is 1. The molecule has 5 nitrogen and oxygen atoms in total. The van der Waals surface area contributed by atoms with E-state index < -0.39 is 11.9 Å². The molecular formula is C20H21F3N2O3. The molecule has 0 radical (unpaired) electrons. The number of halogens is 3. The highest BCUT2D eigenvalue weighted by Crippen LogP contribution is 2.28. The summed E-state index contributed by atoms with van der Waals surface area (Å²) in [5.41, 5.74) is -0.997. The number of carbonyl (C=O) groups excluding carboxylic acids is 1. The molecule has 0 bridgehead atoms. The monoisotopic (exact) mass is 394 g/mol. The molecule has 1 amide bonds. The van der Waals surface area contributed by atoms with Gasteiger partial charge in [0.1, 0.15) is 17.2 Å². The molecular weight excluding hydrogens is 373 g/mol. The van der Waals surface area contributed by atoms with Crippen LogP contribution in [0.2, 0.25) is 0 Å². The van der Waals surface area contributed by atoms with Crippen LogP contribution in [-0.2, 0) is 11.0 Å². The van der Waals surface area contributed by atoms with Gasteiger partial charge in [-0.05, 0) is 37.1 Å². The predicted molar refractivity (Wildman–Crippen MR) is 96.0 cm³/mol. The van der Waals surface area contributed by atoms with Crippen molar-refractivity contribution in [2.75, 3.05) is 26.3 Å². The molecule has 1 unspecified atom stereocenters. The molecule has 0 N–H and O–H groups in total. The summed E-state index contributed by atoms with van der Waals surface area (Å²) in [5, 5.41) is 0. The Morgan fingerprint density at radius 1 is 1.11 bits per heavy atom. The van der Waals surface area contributed by atoms with E-state index in [1.165, 1.54) is 0 Å².